The first-order valence-corrected chi connectivity index (χ1v) is 8.23. The van der Waals surface area contributed by atoms with Crippen LogP contribution in [0.25, 0.3) is 0 Å². The van der Waals surface area contributed by atoms with Crippen LogP contribution in [0.4, 0.5) is 0 Å². The number of carbonyl (C=O) groups excluding carboxylic acids is 1. The summed E-state index contributed by atoms with van der Waals surface area (Å²) in [5.74, 6) is 0.891. The van der Waals surface area contributed by atoms with Crippen LogP contribution in [0.5, 0.6) is 0 Å². The fraction of sp³-hybridized carbons (Fsp3) is 0.938. The molecule has 21 heavy (non-hydrogen) atoms. The molecule has 0 spiro atoms. The first-order chi connectivity index (χ1) is 10.1. The summed E-state index contributed by atoms with van der Waals surface area (Å²) in [4.78, 5) is 12.0. The molecule has 1 saturated carbocycles. The first-order valence-electron chi connectivity index (χ1n) is 8.23. The van der Waals surface area contributed by atoms with Crippen molar-refractivity contribution in [1.82, 2.24) is 5.32 Å². The molecule has 0 radical (unpaired) electrons. The normalized spacial score (nSPS) is 23.0. The van der Waals surface area contributed by atoms with E-state index in [2.05, 4.69) is 5.32 Å². The SMILES string of the molecule is CC(C)C(OCC1CCOCC1)C(O)C(=O)NCC1CC1. The van der Waals surface area contributed by atoms with Crippen molar-refractivity contribution in [2.45, 2.75) is 51.7 Å². The van der Waals surface area contributed by atoms with Gasteiger partial charge in [0.2, 0.25) is 0 Å². The van der Waals surface area contributed by atoms with Gasteiger partial charge >= 0.3 is 0 Å². The molecule has 122 valence electrons. The molecule has 2 atom stereocenters. The molecule has 5 heteroatoms. The molecule has 1 aliphatic heterocycles. The molecule has 0 aromatic heterocycles. The first kappa shape index (κ1) is 16.7. The van der Waals surface area contributed by atoms with Crippen LogP contribution in [0, 0.1) is 17.8 Å². The van der Waals surface area contributed by atoms with Crippen LogP contribution in [0.15, 0.2) is 0 Å². The maximum atomic E-state index is 12.0. The molecule has 0 aromatic carbocycles. The summed E-state index contributed by atoms with van der Waals surface area (Å²) in [7, 11) is 0. The van der Waals surface area contributed by atoms with Gasteiger partial charge in [0.05, 0.1) is 12.7 Å². The molecule has 1 saturated heterocycles. The summed E-state index contributed by atoms with van der Waals surface area (Å²) in [5, 5.41) is 13.1. The van der Waals surface area contributed by atoms with E-state index in [1.165, 1.54) is 12.8 Å². The zero-order chi connectivity index (χ0) is 15.2. The molecule has 5 nitrogen and oxygen atoms in total. The summed E-state index contributed by atoms with van der Waals surface area (Å²) >= 11 is 0. The van der Waals surface area contributed by atoms with Crippen molar-refractivity contribution in [3.05, 3.63) is 0 Å². The van der Waals surface area contributed by atoms with Gasteiger partial charge in [-0.3, -0.25) is 4.79 Å². The van der Waals surface area contributed by atoms with Crippen LogP contribution in [0.2, 0.25) is 0 Å². The van der Waals surface area contributed by atoms with Gasteiger partial charge in [0.1, 0.15) is 0 Å². The lowest BCUT2D eigenvalue weighted by molar-refractivity contribution is -0.143. The van der Waals surface area contributed by atoms with E-state index in [1.54, 1.807) is 0 Å². The van der Waals surface area contributed by atoms with Crippen LogP contribution in [0.3, 0.4) is 0 Å². The lowest BCUT2D eigenvalue weighted by Gasteiger charge is -2.29. The highest BCUT2D eigenvalue weighted by Crippen LogP contribution is 2.27. The predicted octanol–water partition coefficient (Wildman–Crippen LogP) is 1.34. The van der Waals surface area contributed by atoms with Crippen LogP contribution in [-0.4, -0.2) is 49.6 Å². The highest BCUT2D eigenvalue weighted by atomic mass is 16.5. The zero-order valence-corrected chi connectivity index (χ0v) is 13.2. The average molecular weight is 299 g/mol. The molecule has 1 aliphatic carbocycles. The van der Waals surface area contributed by atoms with E-state index in [1.807, 2.05) is 13.8 Å². The van der Waals surface area contributed by atoms with Gasteiger partial charge in [-0.25, -0.2) is 0 Å². The summed E-state index contributed by atoms with van der Waals surface area (Å²) in [5.41, 5.74) is 0. The second-order valence-corrected chi connectivity index (χ2v) is 6.73. The van der Waals surface area contributed by atoms with E-state index >= 15 is 0 Å². The Kier molecular flexibility index (Phi) is 6.45. The van der Waals surface area contributed by atoms with E-state index in [0.29, 0.717) is 25.0 Å². The minimum Gasteiger partial charge on any atom is -0.381 e. The Morgan fingerprint density at radius 2 is 1.90 bits per heavy atom. The second kappa shape index (κ2) is 8.11. The number of nitrogens with one attached hydrogen (secondary N) is 1. The van der Waals surface area contributed by atoms with Crippen LogP contribution in [-0.2, 0) is 14.3 Å². The monoisotopic (exact) mass is 299 g/mol. The fourth-order valence-electron chi connectivity index (χ4n) is 2.63. The van der Waals surface area contributed by atoms with Crippen LogP contribution < -0.4 is 5.32 Å². The van der Waals surface area contributed by atoms with E-state index < -0.39 is 12.2 Å². The van der Waals surface area contributed by atoms with E-state index in [9.17, 15) is 9.90 Å². The Morgan fingerprint density at radius 3 is 2.48 bits per heavy atom. The van der Waals surface area contributed by atoms with Crippen molar-refractivity contribution in [2.75, 3.05) is 26.4 Å². The van der Waals surface area contributed by atoms with Crippen molar-refractivity contribution in [3.63, 3.8) is 0 Å². The standard InChI is InChI=1S/C16H29NO4/c1-11(2)15(21-10-13-5-7-20-8-6-13)14(18)16(19)17-9-12-3-4-12/h11-15,18H,3-10H2,1-2H3,(H,17,19). The maximum absolute atomic E-state index is 12.0. The molecule has 2 rings (SSSR count). The third kappa shape index (κ3) is 5.57. The van der Waals surface area contributed by atoms with Gasteiger partial charge in [0.25, 0.3) is 5.91 Å². The number of hydrogen-bond donors (Lipinski definition) is 2. The van der Waals surface area contributed by atoms with Crippen LogP contribution in [0.1, 0.15) is 39.5 Å². The van der Waals surface area contributed by atoms with Crippen molar-refractivity contribution in [2.24, 2.45) is 17.8 Å². The topological polar surface area (TPSA) is 67.8 Å². The predicted molar refractivity (Wildman–Crippen MR) is 79.9 cm³/mol. The number of aliphatic hydroxyl groups is 1. The molecular weight excluding hydrogens is 270 g/mol. The highest BCUT2D eigenvalue weighted by molar-refractivity contribution is 5.81. The minimum absolute atomic E-state index is 0.103. The van der Waals surface area contributed by atoms with E-state index in [-0.39, 0.29) is 11.8 Å². The van der Waals surface area contributed by atoms with Crippen molar-refractivity contribution in [1.29, 1.82) is 0 Å². The van der Waals surface area contributed by atoms with Crippen molar-refractivity contribution < 1.29 is 19.4 Å². The molecule has 2 fully saturated rings. The van der Waals surface area contributed by atoms with Gasteiger partial charge in [0.15, 0.2) is 6.10 Å². The Morgan fingerprint density at radius 1 is 1.24 bits per heavy atom. The summed E-state index contributed by atoms with van der Waals surface area (Å²) in [6.45, 7) is 6.80. The van der Waals surface area contributed by atoms with Gasteiger partial charge in [-0.05, 0) is 43.4 Å². The Bertz CT molecular complexity index is 324. The van der Waals surface area contributed by atoms with Gasteiger partial charge in [-0.15, -0.1) is 0 Å². The summed E-state index contributed by atoms with van der Waals surface area (Å²) < 4.78 is 11.2. The summed E-state index contributed by atoms with van der Waals surface area (Å²) in [6.07, 6.45) is 2.84. The average Bonchev–Trinajstić information content (AvgIpc) is 3.29. The summed E-state index contributed by atoms with van der Waals surface area (Å²) in [6, 6.07) is 0. The molecular formula is C16H29NO4. The van der Waals surface area contributed by atoms with Gasteiger partial charge in [-0.1, -0.05) is 13.8 Å². The number of rotatable bonds is 8. The fourth-order valence-corrected chi connectivity index (χ4v) is 2.63. The molecule has 1 heterocycles. The second-order valence-electron chi connectivity index (χ2n) is 6.73. The van der Waals surface area contributed by atoms with E-state index in [0.717, 1.165) is 26.1 Å². The maximum Gasteiger partial charge on any atom is 0.251 e. The van der Waals surface area contributed by atoms with Crippen molar-refractivity contribution >= 4 is 5.91 Å². The molecule has 2 aliphatic rings. The molecule has 1 amide bonds. The smallest absolute Gasteiger partial charge is 0.251 e. The Labute approximate surface area is 127 Å². The lowest BCUT2D eigenvalue weighted by atomic mass is 9.99. The number of carbonyl (C=O) groups is 1. The third-order valence-corrected chi connectivity index (χ3v) is 4.36. The van der Waals surface area contributed by atoms with Gasteiger partial charge in [0, 0.05) is 19.8 Å². The quantitative estimate of drug-likeness (QED) is 0.710. The largest absolute Gasteiger partial charge is 0.381 e. The third-order valence-electron chi connectivity index (χ3n) is 4.36. The molecule has 0 aromatic rings. The van der Waals surface area contributed by atoms with E-state index in [4.69, 9.17) is 9.47 Å². The van der Waals surface area contributed by atoms with Crippen LogP contribution >= 0.6 is 0 Å². The number of amides is 1. The number of aliphatic hydroxyl groups excluding tert-OH is 1. The van der Waals surface area contributed by atoms with Gasteiger partial charge in [-0.2, -0.15) is 0 Å². The van der Waals surface area contributed by atoms with Gasteiger partial charge < -0.3 is 19.9 Å². The molecule has 0 bridgehead atoms. The Balaban J connectivity index is 1.76. The lowest BCUT2D eigenvalue weighted by Crippen LogP contribution is -2.46. The zero-order valence-electron chi connectivity index (χ0n) is 13.2. The van der Waals surface area contributed by atoms with Crippen molar-refractivity contribution in [3.8, 4) is 0 Å². The number of hydrogen-bond acceptors (Lipinski definition) is 4. The Hall–Kier alpha value is -0.650. The highest BCUT2D eigenvalue weighted by Gasteiger charge is 2.31. The molecule has 2 N–H and O–H groups in total. The number of ether oxygens (including phenoxy) is 2. The molecule has 2 unspecified atom stereocenters. The minimum atomic E-state index is -1.08.